The van der Waals surface area contributed by atoms with Gasteiger partial charge in [-0.05, 0) is 12.1 Å². The molecule has 0 amide bonds. The number of benzene rings is 1. The number of ether oxygens (including phenoxy) is 1. The predicted molar refractivity (Wildman–Crippen MR) is 98.0 cm³/mol. The maximum Gasteiger partial charge on any atom is 0.228 e. The summed E-state index contributed by atoms with van der Waals surface area (Å²) >= 11 is 0. The fraction of sp³-hybridized carbons (Fsp3) is 0.316. The summed E-state index contributed by atoms with van der Waals surface area (Å²) in [5.74, 6) is 1.95. The van der Waals surface area contributed by atoms with Crippen LogP contribution in [-0.2, 0) is 6.54 Å². The number of anilines is 1. The van der Waals surface area contributed by atoms with Crippen LogP contribution in [0.3, 0.4) is 0 Å². The number of nitrogens with zero attached hydrogens (tertiary/aromatic N) is 5. The van der Waals surface area contributed by atoms with Gasteiger partial charge in [0, 0.05) is 38.4 Å². The average molecular weight is 369 g/mol. The van der Waals surface area contributed by atoms with Crippen molar-refractivity contribution in [1.29, 1.82) is 0 Å². The quantitative estimate of drug-likeness (QED) is 0.685. The molecule has 27 heavy (non-hydrogen) atoms. The number of rotatable bonds is 5. The molecule has 0 radical (unpaired) electrons. The largest absolute Gasteiger partial charge is 0.481 e. The molecule has 4 rings (SSSR count). The van der Waals surface area contributed by atoms with Gasteiger partial charge in [0.2, 0.25) is 17.7 Å². The Morgan fingerprint density at radius 3 is 2.70 bits per heavy atom. The topological polar surface area (TPSA) is 67.5 Å². The SMILES string of the molecule is COc1ccnc(N2CCN(Cc3ncc(-c4ccccc4F)o3)CC2)n1. The van der Waals surface area contributed by atoms with E-state index in [-0.39, 0.29) is 5.82 Å². The lowest BCUT2D eigenvalue weighted by Crippen LogP contribution is -2.46. The van der Waals surface area contributed by atoms with Crippen molar-refractivity contribution in [3.05, 3.63) is 54.4 Å². The zero-order valence-electron chi connectivity index (χ0n) is 15.0. The first-order chi connectivity index (χ1) is 13.2. The molecule has 0 spiro atoms. The third-order valence-corrected chi connectivity index (χ3v) is 4.53. The lowest BCUT2D eigenvalue weighted by molar-refractivity contribution is 0.226. The second-order valence-corrected chi connectivity index (χ2v) is 6.26. The number of methoxy groups -OCH3 is 1. The van der Waals surface area contributed by atoms with Crippen molar-refractivity contribution in [3.63, 3.8) is 0 Å². The van der Waals surface area contributed by atoms with Crippen molar-refractivity contribution >= 4 is 5.95 Å². The third-order valence-electron chi connectivity index (χ3n) is 4.53. The zero-order valence-corrected chi connectivity index (χ0v) is 15.0. The fourth-order valence-corrected chi connectivity index (χ4v) is 3.06. The summed E-state index contributed by atoms with van der Waals surface area (Å²) in [6, 6.07) is 8.27. The summed E-state index contributed by atoms with van der Waals surface area (Å²) in [5.41, 5.74) is 0.427. The first kappa shape index (κ1) is 17.4. The molecule has 140 valence electrons. The van der Waals surface area contributed by atoms with Gasteiger partial charge < -0.3 is 14.1 Å². The van der Waals surface area contributed by atoms with E-state index in [0.717, 1.165) is 26.2 Å². The minimum atomic E-state index is -0.313. The second kappa shape index (κ2) is 7.71. The number of aromatic nitrogens is 3. The molecule has 1 aliphatic heterocycles. The molecule has 2 aromatic heterocycles. The van der Waals surface area contributed by atoms with Crippen LogP contribution < -0.4 is 9.64 Å². The highest BCUT2D eigenvalue weighted by Gasteiger charge is 2.21. The Morgan fingerprint density at radius 2 is 1.93 bits per heavy atom. The van der Waals surface area contributed by atoms with Crippen molar-refractivity contribution in [3.8, 4) is 17.2 Å². The third kappa shape index (κ3) is 3.90. The number of hydrogen-bond donors (Lipinski definition) is 0. The molecular formula is C19H20FN5O2. The van der Waals surface area contributed by atoms with Crippen molar-refractivity contribution in [2.45, 2.75) is 6.54 Å². The maximum absolute atomic E-state index is 13.9. The molecule has 3 aromatic rings. The molecule has 1 fully saturated rings. The van der Waals surface area contributed by atoms with Gasteiger partial charge in [0.05, 0.1) is 25.4 Å². The number of hydrogen-bond acceptors (Lipinski definition) is 7. The summed E-state index contributed by atoms with van der Waals surface area (Å²) in [6.45, 7) is 3.85. The summed E-state index contributed by atoms with van der Waals surface area (Å²) in [7, 11) is 1.59. The molecule has 1 aromatic carbocycles. The average Bonchev–Trinajstić information content (AvgIpc) is 3.17. The molecule has 1 aliphatic rings. The van der Waals surface area contributed by atoms with Gasteiger partial charge in [-0.1, -0.05) is 12.1 Å². The van der Waals surface area contributed by atoms with Crippen LogP contribution in [0.5, 0.6) is 5.88 Å². The second-order valence-electron chi connectivity index (χ2n) is 6.26. The monoisotopic (exact) mass is 369 g/mol. The molecule has 1 saturated heterocycles. The summed E-state index contributed by atoms with van der Waals surface area (Å²) in [6.07, 6.45) is 3.28. The molecule has 0 N–H and O–H groups in total. The van der Waals surface area contributed by atoms with Crippen LogP contribution in [0.25, 0.3) is 11.3 Å². The van der Waals surface area contributed by atoms with Gasteiger partial charge in [-0.2, -0.15) is 4.98 Å². The standard InChI is InChI=1S/C19H20FN5O2/c1-26-17-6-7-21-19(23-17)25-10-8-24(9-11-25)13-18-22-12-16(27-18)14-4-2-3-5-15(14)20/h2-7,12H,8-11,13H2,1H3. The summed E-state index contributed by atoms with van der Waals surface area (Å²) in [5, 5.41) is 0. The maximum atomic E-state index is 13.9. The Balaban J connectivity index is 1.36. The van der Waals surface area contributed by atoms with E-state index in [1.807, 2.05) is 0 Å². The van der Waals surface area contributed by atoms with Crippen LogP contribution in [0, 0.1) is 5.82 Å². The molecule has 0 aliphatic carbocycles. The zero-order chi connectivity index (χ0) is 18.6. The number of piperazine rings is 1. The van der Waals surface area contributed by atoms with Crippen molar-refractivity contribution in [2.24, 2.45) is 0 Å². The lowest BCUT2D eigenvalue weighted by atomic mass is 10.2. The van der Waals surface area contributed by atoms with Crippen molar-refractivity contribution in [1.82, 2.24) is 19.9 Å². The fourth-order valence-electron chi connectivity index (χ4n) is 3.06. The van der Waals surface area contributed by atoms with E-state index >= 15 is 0 Å². The molecule has 7 nitrogen and oxygen atoms in total. The first-order valence-corrected chi connectivity index (χ1v) is 8.77. The van der Waals surface area contributed by atoms with Crippen LogP contribution in [0.1, 0.15) is 5.89 Å². The van der Waals surface area contributed by atoms with Gasteiger partial charge in [-0.25, -0.2) is 14.4 Å². The Morgan fingerprint density at radius 1 is 1.11 bits per heavy atom. The lowest BCUT2D eigenvalue weighted by Gasteiger charge is -2.33. The molecule has 3 heterocycles. The molecular weight excluding hydrogens is 349 g/mol. The Bertz CT molecular complexity index is 908. The van der Waals surface area contributed by atoms with E-state index in [1.54, 1.807) is 43.8 Å². The van der Waals surface area contributed by atoms with Crippen LogP contribution in [-0.4, -0.2) is 53.1 Å². The highest BCUT2D eigenvalue weighted by Crippen LogP contribution is 2.24. The minimum absolute atomic E-state index is 0.313. The predicted octanol–water partition coefficient (Wildman–Crippen LogP) is 2.60. The van der Waals surface area contributed by atoms with Crippen LogP contribution in [0.2, 0.25) is 0 Å². The van der Waals surface area contributed by atoms with Crippen molar-refractivity contribution < 1.29 is 13.5 Å². The van der Waals surface area contributed by atoms with Crippen LogP contribution >= 0.6 is 0 Å². The smallest absolute Gasteiger partial charge is 0.228 e. The normalized spacial score (nSPS) is 15.1. The van der Waals surface area contributed by atoms with E-state index in [4.69, 9.17) is 9.15 Å². The number of oxazole rings is 1. The van der Waals surface area contributed by atoms with Gasteiger partial charge in [-0.3, -0.25) is 4.90 Å². The summed E-state index contributed by atoms with van der Waals surface area (Å²) in [4.78, 5) is 17.4. The molecule has 8 heteroatoms. The van der Waals surface area contributed by atoms with Gasteiger partial charge in [0.1, 0.15) is 5.82 Å². The van der Waals surface area contributed by atoms with E-state index < -0.39 is 0 Å². The Hall–Kier alpha value is -3.00. The Kier molecular flexibility index (Phi) is 4.97. The first-order valence-electron chi connectivity index (χ1n) is 8.77. The van der Waals surface area contributed by atoms with Crippen LogP contribution in [0.4, 0.5) is 10.3 Å². The molecule has 0 unspecified atom stereocenters. The van der Waals surface area contributed by atoms with E-state index in [2.05, 4.69) is 24.8 Å². The van der Waals surface area contributed by atoms with Gasteiger partial charge in [0.25, 0.3) is 0 Å². The Labute approximate surface area is 156 Å². The molecule has 0 saturated carbocycles. The van der Waals surface area contributed by atoms with Gasteiger partial charge in [-0.15, -0.1) is 0 Å². The molecule has 0 bridgehead atoms. The highest BCUT2D eigenvalue weighted by atomic mass is 19.1. The minimum Gasteiger partial charge on any atom is -0.481 e. The highest BCUT2D eigenvalue weighted by molar-refractivity contribution is 5.56. The summed E-state index contributed by atoms with van der Waals surface area (Å²) < 4.78 is 24.8. The van der Waals surface area contributed by atoms with E-state index in [0.29, 0.717) is 35.6 Å². The van der Waals surface area contributed by atoms with Crippen molar-refractivity contribution in [2.75, 3.05) is 38.2 Å². The van der Waals surface area contributed by atoms with E-state index in [1.165, 1.54) is 6.07 Å². The van der Waals surface area contributed by atoms with Gasteiger partial charge >= 0.3 is 0 Å². The van der Waals surface area contributed by atoms with Crippen LogP contribution in [0.15, 0.2) is 47.1 Å². The molecule has 0 atom stereocenters. The van der Waals surface area contributed by atoms with Gasteiger partial charge in [0.15, 0.2) is 5.76 Å². The van der Waals surface area contributed by atoms with E-state index in [9.17, 15) is 4.39 Å². The number of halogens is 1.